The molecule has 0 aliphatic heterocycles. The van der Waals surface area contributed by atoms with Crippen LogP contribution < -0.4 is 10.0 Å². The summed E-state index contributed by atoms with van der Waals surface area (Å²) in [6, 6.07) is 13.0. The Morgan fingerprint density at radius 1 is 1.12 bits per heavy atom. The van der Waals surface area contributed by atoms with Crippen LogP contribution in [-0.2, 0) is 21.4 Å². The van der Waals surface area contributed by atoms with Gasteiger partial charge in [0.1, 0.15) is 0 Å². The number of hydrogen-bond donors (Lipinski definition) is 2. The van der Waals surface area contributed by atoms with Crippen molar-refractivity contribution in [3.8, 4) is 0 Å². The minimum Gasteiger partial charge on any atom is -0.380 e. The molecular weight excluding hydrogens is 364 g/mol. The lowest BCUT2D eigenvalue weighted by molar-refractivity contribution is 0.0954. The van der Waals surface area contributed by atoms with E-state index in [1.54, 1.807) is 43.5 Å². The maximum absolute atomic E-state index is 12.1. The molecule has 0 heterocycles. The molecule has 2 rings (SSSR count). The fourth-order valence-corrected chi connectivity index (χ4v) is 3.43. The molecule has 1 amide bonds. The maximum atomic E-state index is 12.1. The van der Waals surface area contributed by atoms with Crippen LogP contribution in [0.5, 0.6) is 0 Å². The Bertz CT molecular complexity index is 823. The molecule has 0 bridgehead atoms. The first-order valence-electron chi connectivity index (χ1n) is 7.54. The quantitative estimate of drug-likeness (QED) is 0.685. The van der Waals surface area contributed by atoms with Gasteiger partial charge in [0.25, 0.3) is 5.91 Å². The van der Waals surface area contributed by atoms with Crippen LogP contribution in [0.4, 0.5) is 0 Å². The van der Waals surface area contributed by atoms with E-state index < -0.39 is 10.0 Å². The zero-order valence-corrected chi connectivity index (χ0v) is 15.2. The molecule has 0 radical (unpaired) electrons. The molecular formula is C17H19ClN2O4S. The first-order chi connectivity index (χ1) is 11.9. The van der Waals surface area contributed by atoms with Gasteiger partial charge in [0.15, 0.2) is 0 Å². The monoisotopic (exact) mass is 382 g/mol. The van der Waals surface area contributed by atoms with Crippen molar-refractivity contribution >= 4 is 27.5 Å². The molecule has 6 nitrogen and oxygen atoms in total. The highest BCUT2D eigenvalue weighted by atomic mass is 35.5. The summed E-state index contributed by atoms with van der Waals surface area (Å²) in [5.41, 5.74) is 1.46. The van der Waals surface area contributed by atoms with Crippen LogP contribution >= 0.6 is 11.6 Å². The summed E-state index contributed by atoms with van der Waals surface area (Å²) in [5.74, 6) is -0.272. The molecule has 2 aromatic rings. The van der Waals surface area contributed by atoms with Crippen LogP contribution in [0, 0.1) is 0 Å². The first-order valence-corrected chi connectivity index (χ1v) is 9.40. The van der Waals surface area contributed by atoms with E-state index in [-0.39, 0.29) is 23.9 Å². The Labute approximate surface area is 152 Å². The Morgan fingerprint density at radius 2 is 1.84 bits per heavy atom. The molecule has 134 valence electrons. The summed E-state index contributed by atoms with van der Waals surface area (Å²) >= 11 is 5.80. The van der Waals surface area contributed by atoms with Crippen molar-refractivity contribution in [1.82, 2.24) is 10.0 Å². The van der Waals surface area contributed by atoms with Gasteiger partial charge in [-0.1, -0.05) is 29.8 Å². The molecule has 0 unspecified atom stereocenters. The van der Waals surface area contributed by atoms with Gasteiger partial charge in [-0.15, -0.1) is 0 Å². The van der Waals surface area contributed by atoms with E-state index in [0.717, 1.165) is 5.56 Å². The van der Waals surface area contributed by atoms with Gasteiger partial charge in [0.2, 0.25) is 10.0 Å². The standard InChI is InChI=1S/C17H19ClN2O4S/c1-24-12-13-5-7-14(8-6-13)17(21)19-9-10-20-25(22,23)16-4-2-3-15(18)11-16/h2-8,11,20H,9-10,12H2,1H3,(H,19,21). The fourth-order valence-electron chi connectivity index (χ4n) is 2.10. The third-order valence-corrected chi connectivity index (χ3v) is 5.03. The van der Waals surface area contributed by atoms with Crippen LogP contribution in [-0.4, -0.2) is 34.5 Å². The zero-order valence-electron chi connectivity index (χ0n) is 13.7. The Kier molecular flexibility index (Phi) is 6.95. The molecule has 2 N–H and O–H groups in total. The van der Waals surface area contributed by atoms with E-state index in [1.807, 2.05) is 0 Å². The van der Waals surface area contributed by atoms with Crippen LogP contribution in [0.3, 0.4) is 0 Å². The Balaban J connectivity index is 1.83. The molecule has 0 aromatic heterocycles. The van der Waals surface area contributed by atoms with Crippen molar-refractivity contribution in [2.75, 3.05) is 20.2 Å². The van der Waals surface area contributed by atoms with Gasteiger partial charge in [-0.25, -0.2) is 13.1 Å². The van der Waals surface area contributed by atoms with E-state index >= 15 is 0 Å². The fraction of sp³-hybridized carbons (Fsp3) is 0.235. The second-order valence-corrected chi connectivity index (χ2v) is 7.44. The molecule has 0 atom stereocenters. The molecule has 0 fully saturated rings. The predicted molar refractivity (Wildman–Crippen MR) is 96.1 cm³/mol. The normalized spacial score (nSPS) is 11.3. The van der Waals surface area contributed by atoms with Crippen LogP contribution in [0.1, 0.15) is 15.9 Å². The van der Waals surface area contributed by atoms with Gasteiger partial charge in [0, 0.05) is 30.8 Å². The number of hydrogen-bond acceptors (Lipinski definition) is 4. The van der Waals surface area contributed by atoms with E-state index in [9.17, 15) is 13.2 Å². The van der Waals surface area contributed by atoms with Crippen molar-refractivity contribution in [2.24, 2.45) is 0 Å². The second-order valence-electron chi connectivity index (χ2n) is 5.24. The van der Waals surface area contributed by atoms with Crippen LogP contribution in [0.15, 0.2) is 53.4 Å². The largest absolute Gasteiger partial charge is 0.380 e. The summed E-state index contributed by atoms with van der Waals surface area (Å²) in [6.07, 6.45) is 0. The first kappa shape index (κ1) is 19.4. The van der Waals surface area contributed by atoms with Crippen molar-refractivity contribution in [2.45, 2.75) is 11.5 Å². The van der Waals surface area contributed by atoms with Crippen LogP contribution in [0.25, 0.3) is 0 Å². The minimum atomic E-state index is -3.66. The molecule has 0 aliphatic rings. The van der Waals surface area contributed by atoms with Gasteiger partial charge >= 0.3 is 0 Å². The molecule has 8 heteroatoms. The summed E-state index contributed by atoms with van der Waals surface area (Å²) in [4.78, 5) is 12.1. The highest BCUT2D eigenvalue weighted by molar-refractivity contribution is 7.89. The third kappa shape index (κ3) is 5.82. The van der Waals surface area contributed by atoms with Crippen LogP contribution in [0.2, 0.25) is 5.02 Å². The molecule has 0 aliphatic carbocycles. The van der Waals surface area contributed by atoms with Gasteiger partial charge in [0.05, 0.1) is 11.5 Å². The number of ether oxygens (including phenoxy) is 1. The molecule has 0 saturated heterocycles. The lowest BCUT2D eigenvalue weighted by atomic mass is 10.1. The summed E-state index contributed by atoms with van der Waals surface area (Å²) in [6.45, 7) is 0.716. The van der Waals surface area contributed by atoms with E-state index in [2.05, 4.69) is 10.0 Å². The second kappa shape index (κ2) is 8.96. The van der Waals surface area contributed by atoms with Crippen molar-refractivity contribution in [3.05, 3.63) is 64.7 Å². The van der Waals surface area contributed by atoms with Gasteiger partial charge < -0.3 is 10.1 Å². The van der Waals surface area contributed by atoms with Gasteiger partial charge in [-0.3, -0.25) is 4.79 Å². The predicted octanol–water partition coefficient (Wildman–Crippen LogP) is 2.19. The van der Waals surface area contributed by atoms with Crippen molar-refractivity contribution in [1.29, 1.82) is 0 Å². The topological polar surface area (TPSA) is 84.5 Å². The summed E-state index contributed by atoms with van der Waals surface area (Å²) < 4.78 is 31.6. The van der Waals surface area contributed by atoms with E-state index in [1.165, 1.54) is 12.1 Å². The summed E-state index contributed by atoms with van der Waals surface area (Å²) in [5, 5.41) is 3.00. The summed E-state index contributed by atoms with van der Waals surface area (Å²) in [7, 11) is -2.05. The Morgan fingerprint density at radius 3 is 2.48 bits per heavy atom. The molecule has 0 saturated carbocycles. The van der Waals surface area contributed by atoms with Gasteiger partial charge in [-0.2, -0.15) is 0 Å². The smallest absolute Gasteiger partial charge is 0.251 e. The number of nitrogens with one attached hydrogen (secondary N) is 2. The number of amides is 1. The zero-order chi connectivity index (χ0) is 18.3. The van der Waals surface area contributed by atoms with Crippen molar-refractivity contribution in [3.63, 3.8) is 0 Å². The van der Waals surface area contributed by atoms with Crippen molar-refractivity contribution < 1.29 is 17.9 Å². The average Bonchev–Trinajstić information content (AvgIpc) is 2.59. The number of carbonyl (C=O) groups excluding carboxylic acids is 1. The average molecular weight is 383 g/mol. The highest BCUT2D eigenvalue weighted by Gasteiger charge is 2.13. The SMILES string of the molecule is COCc1ccc(C(=O)NCCNS(=O)(=O)c2cccc(Cl)c2)cc1. The lowest BCUT2D eigenvalue weighted by Crippen LogP contribution is -2.34. The number of benzene rings is 2. The molecule has 0 spiro atoms. The third-order valence-electron chi connectivity index (χ3n) is 3.34. The highest BCUT2D eigenvalue weighted by Crippen LogP contribution is 2.14. The van der Waals surface area contributed by atoms with E-state index in [4.69, 9.17) is 16.3 Å². The number of carbonyl (C=O) groups is 1. The van der Waals surface area contributed by atoms with E-state index in [0.29, 0.717) is 17.2 Å². The Hall–Kier alpha value is -1.93. The molecule has 25 heavy (non-hydrogen) atoms. The number of rotatable bonds is 8. The number of methoxy groups -OCH3 is 1. The van der Waals surface area contributed by atoms with Gasteiger partial charge in [-0.05, 0) is 35.9 Å². The molecule has 2 aromatic carbocycles. The maximum Gasteiger partial charge on any atom is 0.251 e. The number of halogens is 1. The number of sulfonamides is 1. The lowest BCUT2D eigenvalue weighted by Gasteiger charge is -2.09. The minimum absolute atomic E-state index is 0.0718.